The van der Waals surface area contributed by atoms with Crippen LogP contribution in [0.3, 0.4) is 0 Å². The Kier molecular flexibility index (Phi) is 8.50. The molecule has 3 atom stereocenters. The zero-order chi connectivity index (χ0) is 20.7. The lowest BCUT2D eigenvalue weighted by Gasteiger charge is -2.41. The summed E-state index contributed by atoms with van der Waals surface area (Å²) in [6.07, 6.45) is 9.06. The summed E-state index contributed by atoms with van der Waals surface area (Å²) in [4.78, 5) is 21.0. The molecule has 2 aliphatic heterocycles. The van der Waals surface area contributed by atoms with Gasteiger partial charge in [-0.1, -0.05) is 41.0 Å². The summed E-state index contributed by atoms with van der Waals surface area (Å²) in [5, 5.41) is 5.91. The van der Waals surface area contributed by atoms with Gasteiger partial charge in [0.1, 0.15) is 11.9 Å². The van der Waals surface area contributed by atoms with Crippen LogP contribution < -0.4 is 10.6 Å². The highest BCUT2D eigenvalue weighted by molar-refractivity contribution is 5.95. The number of carbonyl (C=O) groups excluding carboxylic acids is 1. The number of nitrogens with one attached hydrogen (secondary N) is 2. The maximum Gasteiger partial charge on any atom is 0.271 e. The minimum absolute atomic E-state index is 0.0981. The van der Waals surface area contributed by atoms with Crippen LogP contribution in [0.4, 0.5) is 0 Å². The van der Waals surface area contributed by atoms with Gasteiger partial charge in [0.2, 0.25) is 0 Å². The second kappa shape index (κ2) is 10.4. The van der Waals surface area contributed by atoms with Crippen molar-refractivity contribution >= 4 is 12.1 Å². The Bertz CT molecular complexity index is 563. The molecular weight excluding hydrogens is 350 g/mol. The van der Waals surface area contributed by atoms with E-state index in [4.69, 9.17) is 0 Å². The van der Waals surface area contributed by atoms with Crippen molar-refractivity contribution in [1.82, 2.24) is 20.4 Å². The molecule has 6 heteroatoms. The van der Waals surface area contributed by atoms with Crippen LogP contribution in [-0.4, -0.2) is 67.4 Å². The summed E-state index contributed by atoms with van der Waals surface area (Å²) in [6, 6.07) is 0.765. The van der Waals surface area contributed by atoms with Crippen LogP contribution in [0, 0.1) is 11.3 Å². The monoisotopic (exact) mass is 391 g/mol. The Balaban J connectivity index is 0.00000136. The van der Waals surface area contributed by atoms with Gasteiger partial charge in [-0.15, -0.1) is 0 Å². The maximum atomic E-state index is 11.6. The van der Waals surface area contributed by atoms with Gasteiger partial charge in [-0.25, -0.2) is 0 Å². The van der Waals surface area contributed by atoms with Gasteiger partial charge in [0, 0.05) is 51.7 Å². The number of nitrogens with zero attached hydrogens (tertiary/aromatic N) is 3. The molecule has 3 unspecified atom stereocenters. The van der Waals surface area contributed by atoms with Crippen LogP contribution in [0.25, 0.3) is 0 Å². The van der Waals surface area contributed by atoms with Gasteiger partial charge < -0.3 is 10.6 Å². The van der Waals surface area contributed by atoms with Crippen LogP contribution >= 0.6 is 0 Å². The summed E-state index contributed by atoms with van der Waals surface area (Å²) in [5.41, 5.74) is 0.923. The van der Waals surface area contributed by atoms with Gasteiger partial charge >= 0.3 is 0 Å². The Morgan fingerprint density at radius 1 is 1.21 bits per heavy atom. The molecule has 160 valence electrons. The van der Waals surface area contributed by atoms with Crippen molar-refractivity contribution in [2.24, 2.45) is 16.3 Å². The highest BCUT2D eigenvalue weighted by Crippen LogP contribution is 2.43. The van der Waals surface area contributed by atoms with Gasteiger partial charge in [0.25, 0.3) is 5.91 Å². The molecule has 0 bridgehead atoms. The molecule has 1 saturated heterocycles. The minimum atomic E-state index is -0.150. The number of rotatable bonds is 5. The highest BCUT2D eigenvalue weighted by atomic mass is 16.1. The molecule has 0 aromatic rings. The molecule has 1 saturated carbocycles. The predicted molar refractivity (Wildman–Crippen MR) is 117 cm³/mol. The third-order valence-electron chi connectivity index (χ3n) is 6.89. The summed E-state index contributed by atoms with van der Waals surface area (Å²) >= 11 is 0. The normalized spacial score (nSPS) is 28.8. The van der Waals surface area contributed by atoms with E-state index >= 15 is 0 Å². The first-order chi connectivity index (χ1) is 13.4. The second-order valence-electron chi connectivity index (χ2n) is 8.58. The van der Waals surface area contributed by atoms with E-state index in [1.807, 2.05) is 20.1 Å². The zero-order valence-electron chi connectivity index (χ0n) is 18.8. The largest absolute Gasteiger partial charge is 0.369 e. The smallest absolute Gasteiger partial charge is 0.271 e. The van der Waals surface area contributed by atoms with Crippen LogP contribution in [0.15, 0.2) is 16.9 Å². The number of aliphatic imine (C=N–C) groups is 1. The fourth-order valence-corrected chi connectivity index (χ4v) is 4.52. The molecule has 2 fully saturated rings. The topological polar surface area (TPSA) is 60.0 Å². The Hall–Kier alpha value is -1.40. The molecule has 0 aromatic carbocycles. The fraction of sp³-hybridized carbons (Fsp3) is 0.818. The number of carbonyl (C=O) groups is 1. The first kappa shape index (κ1) is 22.9. The Labute approximate surface area is 171 Å². The van der Waals surface area contributed by atoms with E-state index in [0.717, 1.165) is 38.1 Å². The van der Waals surface area contributed by atoms with Gasteiger partial charge in [-0.05, 0) is 30.6 Å². The van der Waals surface area contributed by atoms with E-state index in [-0.39, 0.29) is 12.1 Å². The van der Waals surface area contributed by atoms with Crippen molar-refractivity contribution in [3.05, 3.63) is 11.9 Å². The van der Waals surface area contributed by atoms with Crippen molar-refractivity contribution in [3.8, 4) is 0 Å². The fourth-order valence-electron chi connectivity index (χ4n) is 4.52. The van der Waals surface area contributed by atoms with Gasteiger partial charge in [0.15, 0.2) is 0 Å². The van der Waals surface area contributed by atoms with Crippen molar-refractivity contribution < 1.29 is 4.79 Å². The molecule has 0 radical (unpaired) electrons. The average Bonchev–Trinajstić information content (AvgIpc) is 3.26. The van der Waals surface area contributed by atoms with E-state index in [9.17, 15) is 4.79 Å². The lowest BCUT2D eigenvalue weighted by atomic mass is 9.76. The second-order valence-corrected chi connectivity index (χ2v) is 8.58. The summed E-state index contributed by atoms with van der Waals surface area (Å²) in [7, 11) is 1.62. The van der Waals surface area contributed by atoms with E-state index in [0.29, 0.717) is 11.1 Å². The first-order valence-electron chi connectivity index (χ1n) is 11.1. The zero-order valence-corrected chi connectivity index (χ0v) is 18.8. The van der Waals surface area contributed by atoms with Gasteiger partial charge in [0.05, 0.1) is 0 Å². The number of likely N-dealkylation sites (N-methyl/N-ethyl adjacent to an activating group) is 1. The van der Waals surface area contributed by atoms with Crippen LogP contribution in [-0.2, 0) is 4.79 Å². The number of hydrogen-bond donors (Lipinski definition) is 2. The standard InChI is InChI=1S/C20H35N5O.C2H6/c1-5-20(2,3)15-6-7-16(12-15)24-8-10-25(11-9-24)18-14-22-17(13-23-18)19(26)21-4;1-2/h13-16,18,23H,5-12H2,1-4H3,(H,21,26);1-2H3. The highest BCUT2D eigenvalue weighted by Gasteiger charge is 2.38. The Morgan fingerprint density at radius 2 is 1.86 bits per heavy atom. The molecule has 3 aliphatic rings. The van der Waals surface area contributed by atoms with Crippen molar-refractivity contribution in [2.45, 2.75) is 72.5 Å². The molecule has 1 aliphatic carbocycles. The molecule has 0 aromatic heterocycles. The number of piperazine rings is 1. The van der Waals surface area contributed by atoms with Gasteiger partial charge in [-0.3, -0.25) is 19.6 Å². The molecule has 3 rings (SSSR count). The lowest BCUT2D eigenvalue weighted by Crippen LogP contribution is -2.56. The molecule has 0 spiro atoms. The summed E-state index contributed by atoms with van der Waals surface area (Å²) in [6.45, 7) is 15.6. The minimum Gasteiger partial charge on any atom is -0.369 e. The first-order valence-corrected chi connectivity index (χ1v) is 11.1. The third-order valence-corrected chi connectivity index (χ3v) is 6.89. The van der Waals surface area contributed by atoms with Crippen molar-refractivity contribution in [1.29, 1.82) is 0 Å². The SMILES string of the molecule is CC.CCC(C)(C)C1CCC(N2CCN(C3C=NC(C(=O)NC)=CN3)CC2)C1. The average molecular weight is 392 g/mol. The molecule has 2 heterocycles. The molecule has 2 N–H and O–H groups in total. The predicted octanol–water partition coefficient (Wildman–Crippen LogP) is 2.82. The van der Waals surface area contributed by atoms with Crippen LogP contribution in [0.5, 0.6) is 0 Å². The molecular formula is C22H41N5O. The number of amides is 1. The lowest BCUT2D eigenvalue weighted by molar-refractivity contribution is -0.117. The molecule has 1 amide bonds. The molecule has 6 nitrogen and oxygen atoms in total. The summed E-state index contributed by atoms with van der Waals surface area (Å²) in [5.74, 6) is 0.721. The van der Waals surface area contributed by atoms with E-state index in [1.165, 1.54) is 25.7 Å². The van der Waals surface area contributed by atoms with Crippen LogP contribution in [0.1, 0.15) is 60.3 Å². The number of hydrogen-bond acceptors (Lipinski definition) is 5. The molecule has 28 heavy (non-hydrogen) atoms. The summed E-state index contributed by atoms with van der Waals surface area (Å²) < 4.78 is 0. The Morgan fingerprint density at radius 3 is 2.39 bits per heavy atom. The van der Waals surface area contributed by atoms with Crippen LogP contribution in [0.2, 0.25) is 0 Å². The van der Waals surface area contributed by atoms with E-state index < -0.39 is 0 Å². The van der Waals surface area contributed by atoms with E-state index in [1.54, 1.807) is 13.2 Å². The quantitative estimate of drug-likeness (QED) is 0.757. The van der Waals surface area contributed by atoms with E-state index in [2.05, 4.69) is 46.2 Å². The maximum absolute atomic E-state index is 11.6. The van der Waals surface area contributed by atoms with Gasteiger partial charge in [-0.2, -0.15) is 0 Å². The van der Waals surface area contributed by atoms with Crippen molar-refractivity contribution in [2.75, 3.05) is 33.2 Å². The van der Waals surface area contributed by atoms with Crippen molar-refractivity contribution in [3.63, 3.8) is 0 Å². The third kappa shape index (κ3) is 5.35.